The number of rotatable bonds is 6. The fourth-order valence-corrected chi connectivity index (χ4v) is 3.10. The van der Waals surface area contributed by atoms with E-state index in [1.807, 2.05) is 54.8 Å². The van der Waals surface area contributed by atoms with Gasteiger partial charge in [-0.15, -0.1) is 0 Å². The van der Waals surface area contributed by atoms with Crippen molar-refractivity contribution in [3.8, 4) is 5.69 Å². The number of carbonyl (C=O) groups is 2. The molecule has 0 radical (unpaired) electrons. The third kappa shape index (κ3) is 3.44. The van der Waals surface area contributed by atoms with Gasteiger partial charge in [-0.2, -0.15) is 0 Å². The number of para-hydroxylation sites is 1. The molecule has 0 fully saturated rings. The molecule has 0 unspecified atom stereocenters. The molecular formula is C20H21N3O3. The number of carboxylic acid groups (broad SMARTS) is 1. The molecular weight excluding hydrogens is 330 g/mol. The Bertz CT molecular complexity index is 948. The topological polar surface area (TPSA) is 75.4 Å². The molecule has 3 rings (SSSR count). The van der Waals surface area contributed by atoms with E-state index in [-0.39, 0.29) is 12.5 Å². The molecule has 0 aliphatic carbocycles. The van der Waals surface area contributed by atoms with Crippen molar-refractivity contribution in [2.24, 2.45) is 0 Å². The summed E-state index contributed by atoms with van der Waals surface area (Å²) in [6.07, 6.45) is 0.697. The Labute approximate surface area is 151 Å². The smallest absolute Gasteiger partial charge is 0.323 e. The Morgan fingerprint density at radius 2 is 1.88 bits per heavy atom. The second-order valence-electron chi connectivity index (χ2n) is 6.15. The summed E-state index contributed by atoms with van der Waals surface area (Å²) < 4.78 is 2.03. The van der Waals surface area contributed by atoms with Gasteiger partial charge in [0.1, 0.15) is 12.4 Å². The normalized spacial score (nSPS) is 10.8. The lowest BCUT2D eigenvalue weighted by molar-refractivity contribution is -0.137. The van der Waals surface area contributed by atoms with Crippen molar-refractivity contribution in [1.82, 2.24) is 14.5 Å². The molecule has 0 saturated carbocycles. The zero-order valence-corrected chi connectivity index (χ0v) is 14.8. The summed E-state index contributed by atoms with van der Waals surface area (Å²) in [5, 5.41) is 9.03. The zero-order chi connectivity index (χ0) is 18.7. The molecule has 0 saturated heterocycles. The third-order valence-electron chi connectivity index (χ3n) is 4.19. The number of carboxylic acids is 1. The first kappa shape index (κ1) is 17.7. The van der Waals surface area contributed by atoms with E-state index in [2.05, 4.69) is 4.98 Å². The Morgan fingerprint density at radius 3 is 2.54 bits per heavy atom. The number of aliphatic carboxylic acids is 1. The number of hydrogen-bond acceptors (Lipinski definition) is 3. The first-order valence-corrected chi connectivity index (χ1v) is 8.57. The molecule has 0 atom stereocenters. The van der Waals surface area contributed by atoms with Gasteiger partial charge in [0.25, 0.3) is 5.91 Å². The van der Waals surface area contributed by atoms with E-state index in [4.69, 9.17) is 5.11 Å². The highest BCUT2D eigenvalue weighted by atomic mass is 16.4. The van der Waals surface area contributed by atoms with Crippen LogP contribution in [-0.4, -0.2) is 44.5 Å². The monoisotopic (exact) mass is 351 g/mol. The quantitative estimate of drug-likeness (QED) is 0.739. The zero-order valence-electron chi connectivity index (χ0n) is 14.8. The number of nitrogens with zero attached hydrogens (tertiary/aromatic N) is 3. The summed E-state index contributed by atoms with van der Waals surface area (Å²) in [6.45, 7) is 3.93. The molecule has 0 bridgehead atoms. The summed E-state index contributed by atoms with van der Waals surface area (Å²) in [7, 11) is 0. The molecule has 2 aromatic carbocycles. The lowest BCUT2D eigenvalue weighted by Crippen LogP contribution is -2.36. The summed E-state index contributed by atoms with van der Waals surface area (Å²) >= 11 is 0. The van der Waals surface area contributed by atoms with Crippen LogP contribution in [0, 0.1) is 6.92 Å². The van der Waals surface area contributed by atoms with Crippen LogP contribution in [0.25, 0.3) is 16.7 Å². The second kappa shape index (κ2) is 7.39. The number of aromatic nitrogens is 2. The number of carbonyl (C=O) groups excluding carboxylic acids is 1. The molecule has 3 aromatic rings. The minimum Gasteiger partial charge on any atom is -0.480 e. The van der Waals surface area contributed by atoms with Crippen molar-refractivity contribution >= 4 is 22.9 Å². The van der Waals surface area contributed by atoms with E-state index < -0.39 is 5.97 Å². The number of hydrogen-bond donors (Lipinski definition) is 1. The molecule has 6 heteroatoms. The summed E-state index contributed by atoms with van der Waals surface area (Å²) in [6, 6.07) is 15.2. The molecule has 1 amide bonds. The molecule has 134 valence electrons. The van der Waals surface area contributed by atoms with Crippen molar-refractivity contribution in [2.75, 3.05) is 13.1 Å². The number of amides is 1. The van der Waals surface area contributed by atoms with Crippen LogP contribution in [0.5, 0.6) is 0 Å². The summed E-state index contributed by atoms with van der Waals surface area (Å²) in [5.74, 6) is -0.480. The van der Waals surface area contributed by atoms with Crippen molar-refractivity contribution < 1.29 is 14.7 Å². The lowest BCUT2D eigenvalue weighted by Gasteiger charge is -2.20. The van der Waals surface area contributed by atoms with Gasteiger partial charge in [-0.05, 0) is 43.7 Å². The number of imidazole rings is 1. The average molecular weight is 351 g/mol. The highest BCUT2D eigenvalue weighted by Gasteiger charge is 2.19. The minimum atomic E-state index is -1.02. The van der Waals surface area contributed by atoms with Gasteiger partial charge >= 0.3 is 5.97 Å². The second-order valence-corrected chi connectivity index (χ2v) is 6.15. The number of benzene rings is 2. The van der Waals surface area contributed by atoms with Gasteiger partial charge in [0.2, 0.25) is 0 Å². The van der Waals surface area contributed by atoms with Gasteiger partial charge in [0, 0.05) is 17.8 Å². The van der Waals surface area contributed by atoms with E-state index in [0.717, 1.165) is 17.0 Å². The van der Waals surface area contributed by atoms with E-state index in [1.54, 1.807) is 12.1 Å². The van der Waals surface area contributed by atoms with Crippen LogP contribution in [-0.2, 0) is 4.79 Å². The fraction of sp³-hybridized carbons (Fsp3) is 0.250. The van der Waals surface area contributed by atoms with Gasteiger partial charge < -0.3 is 10.0 Å². The standard InChI is InChI=1S/C20H21N3O3/c1-3-11-22(13-19(24)25)20(26)15-9-10-18-17(12-15)21-14(2)23(18)16-7-5-4-6-8-16/h4-10,12H,3,11,13H2,1-2H3,(H,24,25). The average Bonchev–Trinajstić information content (AvgIpc) is 2.96. The van der Waals surface area contributed by atoms with E-state index in [9.17, 15) is 9.59 Å². The SMILES string of the molecule is CCCN(CC(=O)O)C(=O)c1ccc2c(c1)nc(C)n2-c1ccccc1. The molecule has 0 aliphatic rings. The predicted molar refractivity (Wildman–Crippen MR) is 99.6 cm³/mol. The van der Waals surface area contributed by atoms with Crippen LogP contribution >= 0.6 is 0 Å². The van der Waals surface area contributed by atoms with E-state index in [0.29, 0.717) is 24.0 Å². The summed E-state index contributed by atoms with van der Waals surface area (Å²) in [5.41, 5.74) is 3.07. The Hall–Kier alpha value is -3.15. The molecule has 1 heterocycles. The maximum Gasteiger partial charge on any atom is 0.323 e. The first-order chi connectivity index (χ1) is 12.5. The van der Waals surface area contributed by atoms with Crippen molar-refractivity contribution in [2.45, 2.75) is 20.3 Å². The van der Waals surface area contributed by atoms with Crippen LogP contribution in [0.4, 0.5) is 0 Å². The van der Waals surface area contributed by atoms with E-state index in [1.165, 1.54) is 4.90 Å². The van der Waals surface area contributed by atoms with Gasteiger partial charge in [-0.3, -0.25) is 14.2 Å². The van der Waals surface area contributed by atoms with Crippen LogP contribution in [0.2, 0.25) is 0 Å². The first-order valence-electron chi connectivity index (χ1n) is 8.57. The van der Waals surface area contributed by atoms with Crippen LogP contribution < -0.4 is 0 Å². The van der Waals surface area contributed by atoms with Crippen molar-refractivity contribution in [3.05, 3.63) is 59.9 Å². The van der Waals surface area contributed by atoms with Crippen LogP contribution in [0.3, 0.4) is 0 Å². The van der Waals surface area contributed by atoms with Gasteiger partial charge in [0.05, 0.1) is 11.0 Å². The highest BCUT2D eigenvalue weighted by Crippen LogP contribution is 2.23. The Morgan fingerprint density at radius 1 is 1.15 bits per heavy atom. The van der Waals surface area contributed by atoms with Crippen molar-refractivity contribution in [3.63, 3.8) is 0 Å². The molecule has 1 aromatic heterocycles. The minimum absolute atomic E-state index is 0.289. The van der Waals surface area contributed by atoms with Gasteiger partial charge in [0.15, 0.2) is 0 Å². The van der Waals surface area contributed by atoms with Crippen molar-refractivity contribution in [1.29, 1.82) is 0 Å². The maximum atomic E-state index is 12.7. The van der Waals surface area contributed by atoms with Gasteiger partial charge in [-0.1, -0.05) is 25.1 Å². The molecule has 0 spiro atoms. The highest BCUT2D eigenvalue weighted by molar-refractivity contribution is 5.98. The van der Waals surface area contributed by atoms with Crippen LogP contribution in [0.15, 0.2) is 48.5 Å². The third-order valence-corrected chi connectivity index (χ3v) is 4.19. The molecule has 26 heavy (non-hydrogen) atoms. The molecule has 1 N–H and O–H groups in total. The Balaban J connectivity index is 2.00. The molecule has 0 aliphatic heterocycles. The Kier molecular flexibility index (Phi) is 5.02. The number of fused-ring (bicyclic) bond motifs is 1. The lowest BCUT2D eigenvalue weighted by atomic mass is 10.1. The fourth-order valence-electron chi connectivity index (χ4n) is 3.10. The molecule has 6 nitrogen and oxygen atoms in total. The number of aryl methyl sites for hydroxylation is 1. The summed E-state index contributed by atoms with van der Waals surface area (Å²) in [4.78, 5) is 29.7. The predicted octanol–water partition coefficient (Wildman–Crippen LogP) is 3.27. The van der Waals surface area contributed by atoms with E-state index >= 15 is 0 Å². The van der Waals surface area contributed by atoms with Crippen LogP contribution in [0.1, 0.15) is 29.5 Å². The maximum absolute atomic E-state index is 12.7. The largest absolute Gasteiger partial charge is 0.480 e. The van der Waals surface area contributed by atoms with Gasteiger partial charge in [-0.25, -0.2) is 4.98 Å².